The SMILES string of the molecule is CN=C(NCc1ccc(F)cc1C(F)(F)F)NCc1cccnc1N1CCOCC1. The number of nitrogens with one attached hydrogen (secondary N) is 2. The van der Waals surface area contributed by atoms with Crippen LogP contribution in [0, 0.1) is 5.82 Å². The molecule has 0 aliphatic carbocycles. The van der Waals surface area contributed by atoms with Crippen molar-refractivity contribution in [2.24, 2.45) is 4.99 Å². The quantitative estimate of drug-likeness (QED) is 0.438. The Balaban J connectivity index is 1.64. The van der Waals surface area contributed by atoms with E-state index in [1.807, 2.05) is 12.1 Å². The number of halogens is 4. The van der Waals surface area contributed by atoms with Crippen LogP contribution in [0.15, 0.2) is 41.5 Å². The molecule has 6 nitrogen and oxygen atoms in total. The number of aliphatic imine (C=N–C) groups is 1. The number of hydrogen-bond donors (Lipinski definition) is 2. The van der Waals surface area contributed by atoms with Crippen LogP contribution in [0.5, 0.6) is 0 Å². The van der Waals surface area contributed by atoms with Crippen molar-refractivity contribution in [1.29, 1.82) is 0 Å². The first-order valence-electron chi connectivity index (χ1n) is 9.45. The zero-order valence-corrected chi connectivity index (χ0v) is 16.5. The summed E-state index contributed by atoms with van der Waals surface area (Å²) in [6.07, 6.45) is -2.92. The number of anilines is 1. The molecule has 2 aromatic rings. The smallest absolute Gasteiger partial charge is 0.378 e. The summed E-state index contributed by atoms with van der Waals surface area (Å²) in [4.78, 5) is 10.6. The number of pyridine rings is 1. The number of guanidine groups is 1. The van der Waals surface area contributed by atoms with E-state index in [0.717, 1.165) is 36.6 Å². The molecule has 1 saturated heterocycles. The molecule has 2 N–H and O–H groups in total. The van der Waals surface area contributed by atoms with Crippen molar-refractivity contribution >= 4 is 11.8 Å². The van der Waals surface area contributed by atoms with E-state index in [4.69, 9.17) is 4.74 Å². The van der Waals surface area contributed by atoms with Gasteiger partial charge in [0.05, 0.1) is 18.8 Å². The van der Waals surface area contributed by atoms with Gasteiger partial charge in [0.15, 0.2) is 5.96 Å². The largest absolute Gasteiger partial charge is 0.416 e. The first-order valence-corrected chi connectivity index (χ1v) is 9.45. The Labute approximate surface area is 172 Å². The highest BCUT2D eigenvalue weighted by Gasteiger charge is 2.33. The molecule has 0 unspecified atom stereocenters. The molecule has 1 aromatic heterocycles. The van der Waals surface area contributed by atoms with Crippen molar-refractivity contribution < 1.29 is 22.3 Å². The van der Waals surface area contributed by atoms with Crippen molar-refractivity contribution in [3.8, 4) is 0 Å². The predicted molar refractivity (Wildman–Crippen MR) is 106 cm³/mol. The summed E-state index contributed by atoms with van der Waals surface area (Å²) in [6.45, 7) is 2.97. The van der Waals surface area contributed by atoms with Crippen LogP contribution in [0.4, 0.5) is 23.4 Å². The molecule has 0 spiro atoms. The molecule has 0 amide bonds. The minimum atomic E-state index is -4.64. The Morgan fingerprint density at radius 3 is 2.50 bits per heavy atom. The number of rotatable bonds is 5. The van der Waals surface area contributed by atoms with Gasteiger partial charge in [0.25, 0.3) is 0 Å². The van der Waals surface area contributed by atoms with Gasteiger partial charge in [-0.1, -0.05) is 12.1 Å². The summed E-state index contributed by atoms with van der Waals surface area (Å²) in [6, 6.07) is 6.38. The van der Waals surface area contributed by atoms with Crippen LogP contribution >= 0.6 is 0 Å². The van der Waals surface area contributed by atoms with Gasteiger partial charge in [0.2, 0.25) is 0 Å². The third kappa shape index (κ3) is 5.59. The monoisotopic (exact) mass is 425 g/mol. The maximum Gasteiger partial charge on any atom is 0.416 e. The van der Waals surface area contributed by atoms with Gasteiger partial charge in [-0.3, -0.25) is 4.99 Å². The molecule has 10 heteroatoms. The molecule has 0 atom stereocenters. The number of aromatic nitrogens is 1. The van der Waals surface area contributed by atoms with Crippen molar-refractivity contribution in [2.45, 2.75) is 19.3 Å². The lowest BCUT2D eigenvalue weighted by Gasteiger charge is -2.29. The van der Waals surface area contributed by atoms with Crippen LogP contribution in [0.1, 0.15) is 16.7 Å². The molecule has 1 aliphatic heterocycles. The second-order valence-corrected chi connectivity index (χ2v) is 6.66. The van der Waals surface area contributed by atoms with E-state index in [0.29, 0.717) is 31.8 Å². The van der Waals surface area contributed by atoms with Gasteiger partial charge < -0.3 is 20.3 Å². The first kappa shape index (κ1) is 21.8. The number of benzene rings is 1. The molecule has 162 valence electrons. The Bertz CT molecular complexity index is 882. The standard InChI is InChI=1S/C20H23F4N5O/c1-25-19(27-12-14-4-5-16(21)11-17(14)20(22,23)24)28-13-15-3-2-6-26-18(15)29-7-9-30-10-8-29/h2-6,11H,7-10,12-13H2,1H3,(H2,25,27,28). The molecule has 0 radical (unpaired) electrons. The Hall–Kier alpha value is -2.88. The average Bonchev–Trinajstić information content (AvgIpc) is 2.75. The van der Waals surface area contributed by atoms with Crippen molar-refractivity contribution in [3.63, 3.8) is 0 Å². The summed E-state index contributed by atoms with van der Waals surface area (Å²) in [5.74, 6) is 0.228. The maximum atomic E-state index is 13.3. The van der Waals surface area contributed by atoms with E-state index < -0.39 is 17.6 Å². The molecular formula is C20H23F4N5O. The second-order valence-electron chi connectivity index (χ2n) is 6.66. The fraction of sp³-hybridized carbons (Fsp3) is 0.400. The molecule has 1 aliphatic rings. The van der Waals surface area contributed by atoms with Crippen molar-refractivity contribution in [2.75, 3.05) is 38.3 Å². The first-order chi connectivity index (χ1) is 14.4. The predicted octanol–water partition coefficient (Wildman–Crippen LogP) is 2.94. The molecule has 1 aromatic carbocycles. The Morgan fingerprint density at radius 2 is 1.83 bits per heavy atom. The summed E-state index contributed by atoms with van der Waals surface area (Å²) < 4.78 is 58.1. The average molecular weight is 425 g/mol. The van der Waals surface area contributed by atoms with Crippen molar-refractivity contribution in [3.05, 3.63) is 59.0 Å². The maximum absolute atomic E-state index is 13.3. The molecular weight excluding hydrogens is 402 g/mol. The lowest BCUT2D eigenvalue weighted by Crippen LogP contribution is -2.39. The third-order valence-electron chi connectivity index (χ3n) is 4.67. The van der Waals surface area contributed by atoms with Crippen LogP contribution < -0.4 is 15.5 Å². The van der Waals surface area contributed by atoms with Crippen LogP contribution in [0.3, 0.4) is 0 Å². The van der Waals surface area contributed by atoms with Gasteiger partial charge in [0, 0.05) is 45.0 Å². The van der Waals surface area contributed by atoms with E-state index in [9.17, 15) is 17.6 Å². The number of hydrogen-bond acceptors (Lipinski definition) is 4. The van der Waals surface area contributed by atoms with E-state index >= 15 is 0 Å². The lowest BCUT2D eigenvalue weighted by molar-refractivity contribution is -0.138. The highest BCUT2D eigenvalue weighted by atomic mass is 19.4. The highest BCUT2D eigenvalue weighted by molar-refractivity contribution is 5.79. The van der Waals surface area contributed by atoms with E-state index in [1.54, 1.807) is 6.20 Å². The van der Waals surface area contributed by atoms with Gasteiger partial charge in [-0.25, -0.2) is 9.37 Å². The van der Waals surface area contributed by atoms with Gasteiger partial charge in [-0.05, 0) is 23.8 Å². The van der Waals surface area contributed by atoms with Crippen LogP contribution in [0.2, 0.25) is 0 Å². The van der Waals surface area contributed by atoms with E-state index in [2.05, 4.69) is 25.5 Å². The lowest BCUT2D eigenvalue weighted by atomic mass is 10.1. The summed E-state index contributed by atoms with van der Waals surface area (Å²) in [5.41, 5.74) is -0.144. The Morgan fingerprint density at radius 1 is 1.13 bits per heavy atom. The minimum absolute atomic E-state index is 0.0674. The number of ether oxygens (including phenoxy) is 1. The number of morpholine rings is 1. The molecule has 30 heavy (non-hydrogen) atoms. The van der Waals surface area contributed by atoms with Crippen LogP contribution in [-0.2, 0) is 24.0 Å². The van der Waals surface area contributed by atoms with Gasteiger partial charge in [-0.2, -0.15) is 13.2 Å². The molecule has 0 saturated carbocycles. The van der Waals surface area contributed by atoms with E-state index in [1.165, 1.54) is 7.05 Å². The normalized spacial score (nSPS) is 15.2. The van der Waals surface area contributed by atoms with Gasteiger partial charge in [-0.15, -0.1) is 0 Å². The zero-order valence-electron chi connectivity index (χ0n) is 16.5. The molecule has 0 bridgehead atoms. The number of nitrogens with zero attached hydrogens (tertiary/aromatic N) is 3. The third-order valence-corrected chi connectivity index (χ3v) is 4.67. The number of alkyl halides is 3. The second kappa shape index (κ2) is 9.75. The van der Waals surface area contributed by atoms with E-state index in [-0.39, 0.29) is 12.1 Å². The topological polar surface area (TPSA) is 61.8 Å². The van der Waals surface area contributed by atoms with Crippen LogP contribution in [0.25, 0.3) is 0 Å². The fourth-order valence-electron chi connectivity index (χ4n) is 3.17. The van der Waals surface area contributed by atoms with Crippen LogP contribution in [-0.4, -0.2) is 44.3 Å². The summed E-state index contributed by atoms with van der Waals surface area (Å²) in [7, 11) is 1.52. The molecule has 3 rings (SSSR count). The summed E-state index contributed by atoms with van der Waals surface area (Å²) >= 11 is 0. The summed E-state index contributed by atoms with van der Waals surface area (Å²) in [5, 5.41) is 5.94. The fourth-order valence-corrected chi connectivity index (χ4v) is 3.17. The highest BCUT2D eigenvalue weighted by Crippen LogP contribution is 2.32. The molecule has 1 fully saturated rings. The van der Waals surface area contributed by atoms with Gasteiger partial charge in [0.1, 0.15) is 11.6 Å². The van der Waals surface area contributed by atoms with Crippen molar-refractivity contribution in [1.82, 2.24) is 15.6 Å². The molecule has 2 heterocycles. The Kier molecular flexibility index (Phi) is 7.09. The minimum Gasteiger partial charge on any atom is -0.378 e. The van der Waals surface area contributed by atoms with Gasteiger partial charge >= 0.3 is 6.18 Å². The zero-order chi connectivity index (χ0) is 21.6.